The number of ether oxygens (including phenoxy) is 1. The fourth-order valence-electron chi connectivity index (χ4n) is 2.32. The van der Waals surface area contributed by atoms with Gasteiger partial charge in [-0.3, -0.25) is 0 Å². The van der Waals surface area contributed by atoms with Crippen LogP contribution in [0.5, 0.6) is 0 Å². The minimum atomic E-state index is -0.812. The van der Waals surface area contributed by atoms with Crippen LogP contribution in [0.3, 0.4) is 0 Å². The monoisotopic (exact) mass is 276 g/mol. The molecule has 0 heterocycles. The van der Waals surface area contributed by atoms with Crippen molar-refractivity contribution in [3.05, 3.63) is 42.0 Å². The predicted molar refractivity (Wildman–Crippen MR) is 85.7 cm³/mol. The van der Waals surface area contributed by atoms with Crippen molar-refractivity contribution >= 4 is 5.57 Å². The Morgan fingerprint density at radius 3 is 2.00 bits per heavy atom. The molecule has 0 atom stereocenters. The number of aliphatic hydroxyl groups is 1. The molecule has 0 fully saturated rings. The molecule has 0 amide bonds. The maximum absolute atomic E-state index is 9.90. The van der Waals surface area contributed by atoms with Gasteiger partial charge < -0.3 is 9.84 Å². The van der Waals surface area contributed by atoms with Crippen molar-refractivity contribution in [1.29, 1.82) is 0 Å². The van der Waals surface area contributed by atoms with Gasteiger partial charge in [0.15, 0.2) is 0 Å². The Morgan fingerprint density at radius 1 is 1.15 bits per heavy atom. The molecular weight excluding hydrogens is 248 g/mol. The van der Waals surface area contributed by atoms with Crippen molar-refractivity contribution in [2.75, 3.05) is 6.61 Å². The van der Waals surface area contributed by atoms with Crippen molar-refractivity contribution in [3.8, 4) is 0 Å². The first kappa shape index (κ1) is 16.9. The van der Waals surface area contributed by atoms with Crippen molar-refractivity contribution in [3.63, 3.8) is 0 Å². The number of benzene rings is 1. The second-order valence-corrected chi connectivity index (χ2v) is 6.16. The van der Waals surface area contributed by atoms with Gasteiger partial charge in [0.2, 0.25) is 0 Å². The van der Waals surface area contributed by atoms with Crippen molar-refractivity contribution in [2.45, 2.75) is 58.7 Å². The Balaban J connectivity index is 3.02. The molecular formula is C18H28O2. The molecule has 112 valence electrons. The number of rotatable bonds is 7. The Hall–Kier alpha value is -1.12. The van der Waals surface area contributed by atoms with Gasteiger partial charge in [-0.1, -0.05) is 50.3 Å². The molecule has 0 bridgehead atoms. The summed E-state index contributed by atoms with van der Waals surface area (Å²) in [5, 5.41) is 9.90. The molecule has 0 radical (unpaired) electrons. The molecule has 0 unspecified atom stereocenters. The number of hydrogen-bond acceptors (Lipinski definition) is 2. The van der Waals surface area contributed by atoms with Gasteiger partial charge in [0, 0.05) is 0 Å². The summed E-state index contributed by atoms with van der Waals surface area (Å²) >= 11 is 0. The third-order valence-corrected chi connectivity index (χ3v) is 3.75. The lowest BCUT2D eigenvalue weighted by Gasteiger charge is -2.35. The molecule has 0 aliphatic carbocycles. The van der Waals surface area contributed by atoms with Crippen molar-refractivity contribution < 1.29 is 9.84 Å². The Labute approximate surface area is 123 Å². The fourth-order valence-corrected chi connectivity index (χ4v) is 2.32. The van der Waals surface area contributed by atoms with E-state index in [0.717, 1.165) is 29.5 Å². The van der Waals surface area contributed by atoms with Crippen LogP contribution in [-0.2, 0) is 10.3 Å². The summed E-state index contributed by atoms with van der Waals surface area (Å²) in [5.74, 6) is 0. The SMILES string of the molecule is C=C(C)c1ccc(C(CC)(CC)OCC(C)(C)O)cc1. The largest absolute Gasteiger partial charge is 0.388 e. The second kappa shape index (κ2) is 6.55. The summed E-state index contributed by atoms with van der Waals surface area (Å²) in [5.41, 5.74) is 2.24. The molecule has 1 aromatic carbocycles. The molecule has 0 aliphatic heterocycles. The average molecular weight is 276 g/mol. The summed E-state index contributed by atoms with van der Waals surface area (Å²) in [6, 6.07) is 8.40. The van der Waals surface area contributed by atoms with Crippen LogP contribution in [-0.4, -0.2) is 17.3 Å². The minimum Gasteiger partial charge on any atom is -0.388 e. The molecule has 1 aromatic rings. The van der Waals surface area contributed by atoms with Crippen LogP contribution in [0.4, 0.5) is 0 Å². The zero-order valence-electron chi connectivity index (χ0n) is 13.5. The molecule has 0 aromatic heterocycles. The van der Waals surface area contributed by atoms with Gasteiger partial charge in [0.1, 0.15) is 0 Å². The molecule has 0 saturated heterocycles. The second-order valence-electron chi connectivity index (χ2n) is 6.16. The summed E-state index contributed by atoms with van der Waals surface area (Å²) in [6.45, 7) is 14.1. The van der Waals surface area contributed by atoms with Gasteiger partial charge in [0.25, 0.3) is 0 Å². The van der Waals surface area contributed by atoms with Crippen LogP contribution in [0, 0.1) is 0 Å². The quantitative estimate of drug-likeness (QED) is 0.793. The smallest absolute Gasteiger partial charge is 0.0927 e. The van der Waals surface area contributed by atoms with Gasteiger partial charge in [-0.2, -0.15) is 0 Å². The summed E-state index contributed by atoms with van der Waals surface area (Å²) in [4.78, 5) is 0. The lowest BCUT2D eigenvalue weighted by atomic mass is 9.87. The van der Waals surface area contributed by atoms with Gasteiger partial charge in [-0.15, -0.1) is 0 Å². The first-order valence-electron chi connectivity index (χ1n) is 7.37. The maximum atomic E-state index is 9.90. The van der Waals surface area contributed by atoms with Crippen molar-refractivity contribution in [2.24, 2.45) is 0 Å². The third-order valence-electron chi connectivity index (χ3n) is 3.75. The zero-order valence-corrected chi connectivity index (χ0v) is 13.5. The number of allylic oxidation sites excluding steroid dienone is 1. The lowest BCUT2D eigenvalue weighted by molar-refractivity contribution is -0.115. The predicted octanol–water partition coefficient (Wildman–Crippen LogP) is 4.52. The van der Waals surface area contributed by atoms with Crippen LogP contribution >= 0.6 is 0 Å². The van der Waals surface area contributed by atoms with E-state index in [9.17, 15) is 5.11 Å². The fraction of sp³-hybridized carbons (Fsp3) is 0.556. The number of hydrogen-bond donors (Lipinski definition) is 1. The van der Waals surface area contributed by atoms with E-state index in [2.05, 4.69) is 44.7 Å². The van der Waals surface area contributed by atoms with Crippen LogP contribution in [0.2, 0.25) is 0 Å². The lowest BCUT2D eigenvalue weighted by Crippen LogP contribution is -2.36. The molecule has 1 N–H and O–H groups in total. The average Bonchev–Trinajstić information content (AvgIpc) is 2.40. The normalized spacial score (nSPS) is 12.5. The van der Waals surface area contributed by atoms with E-state index >= 15 is 0 Å². The summed E-state index contributed by atoms with van der Waals surface area (Å²) < 4.78 is 6.11. The Morgan fingerprint density at radius 2 is 1.65 bits per heavy atom. The Kier molecular flexibility index (Phi) is 5.55. The maximum Gasteiger partial charge on any atom is 0.0927 e. The standard InChI is InChI=1S/C18H28O2/c1-7-18(8-2,20-13-17(5,6)19)16-11-9-15(10-12-16)14(3)4/h9-12,19H,3,7-8,13H2,1-2,4-6H3. The van der Waals surface area contributed by atoms with E-state index in [1.807, 2.05) is 6.92 Å². The minimum absolute atomic E-state index is 0.326. The van der Waals surface area contributed by atoms with Gasteiger partial charge in [-0.25, -0.2) is 0 Å². The molecule has 0 saturated carbocycles. The van der Waals surface area contributed by atoms with Crippen LogP contribution in [0.1, 0.15) is 58.6 Å². The third kappa shape index (κ3) is 4.19. The van der Waals surface area contributed by atoms with Gasteiger partial charge in [-0.05, 0) is 44.7 Å². The zero-order chi connectivity index (χ0) is 15.4. The van der Waals surface area contributed by atoms with E-state index < -0.39 is 5.60 Å². The van der Waals surface area contributed by atoms with Crippen LogP contribution < -0.4 is 0 Å². The van der Waals surface area contributed by atoms with E-state index in [1.54, 1.807) is 13.8 Å². The molecule has 20 heavy (non-hydrogen) atoms. The summed E-state index contributed by atoms with van der Waals surface area (Å²) in [7, 11) is 0. The highest BCUT2D eigenvalue weighted by molar-refractivity contribution is 5.61. The van der Waals surface area contributed by atoms with Crippen LogP contribution in [0.25, 0.3) is 5.57 Å². The highest BCUT2D eigenvalue weighted by Crippen LogP contribution is 2.34. The summed E-state index contributed by atoms with van der Waals surface area (Å²) in [6.07, 6.45) is 1.76. The van der Waals surface area contributed by atoms with E-state index in [0.29, 0.717) is 6.61 Å². The highest BCUT2D eigenvalue weighted by Gasteiger charge is 2.31. The molecule has 1 rings (SSSR count). The van der Waals surface area contributed by atoms with E-state index in [1.165, 1.54) is 0 Å². The molecule has 2 heteroatoms. The first-order chi connectivity index (χ1) is 9.24. The van der Waals surface area contributed by atoms with Crippen LogP contribution in [0.15, 0.2) is 30.8 Å². The van der Waals surface area contributed by atoms with Gasteiger partial charge in [0.05, 0.1) is 17.8 Å². The first-order valence-corrected chi connectivity index (χ1v) is 7.37. The topological polar surface area (TPSA) is 29.5 Å². The molecule has 0 aliphatic rings. The molecule has 0 spiro atoms. The van der Waals surface area contributed by atoms with E-state index in [-0.39, 0.29) is 5.60 Å². The highest BCUT2D eigenvalue weighted by atomic mass is 16.5. The van der Waals surface area contributed by atoms with Crippen molar-refractivity contribution in [1.82, 2.24) is 0 Å². The van der Waals surface area contributed by atoms with E-state index in [4.69, 9.17) is 4.74 Å². The Bertz CT molecular complexity index is 433. The molecule has 2 nitrogen and oxygen atoms in total. The van der Waals surface area contributed by atoms with Gasteiger partial charge >= 0.3 is 0 Å².